The summed E-state index contributed by atoms with van der Waals surface area (Å²) >= 11 is 0. The molecule has 5 nitrogen and oxygen atoms in total. The van der Waals surface area contributed by atoms with Gasteiger partial charge in [-0.2, -0.15) is 0 Å². The van der Waals surface area contributed by atoms with Crippen molar-refractivity contribution in [2.24, 2.45) is 5.92 Å². The molecule has 0 aromatic heterocycles. The molecule has 1 fully saturated rings. The molecule has 1 aliphatic rings. The first-order valence-corrected chi connectivity index (χ1v) is 8.32. The maximum atomic E-state index is 12.8. The van der Waals surface area contributed by atoms with E-state index in [1.807, 2.05) is 0 Å². The van der Waals surface area contributed by atoms with Crippen LogP contribution >= 0.6 is 0 Å². The van der Waals surface area contributed by atoms with Gasteiger partial charge in [-0.05, 0) is 36.7 Å². The standard InChI is InChI=1S/C17H27FN4O/c1-3-21-8-10-22(11-9-21)13-14(2)12-19-17(23)20-16-6-4-15(18)5-7-16/h4-7,14H,3,8-13H2,1-2H3,(H2,19,20,23). The van der Waals surface area contributed by atoms with E-state index in [1.54, 1.807) is 12.1 Å². The predicted octanol–water partition coefficient (Wildman–Crippen LogP) is 2.22. The Morgan fingerprint density at radius 2 is 1.78 bits per heavy atom. The first-order chi connectivity index (χ1) is 11.1. The normalized spacial score (nSPS) is 17.7. The molecule has 0 bridgehead atoms. The average Bonchev–Trinajstić information content (AvgIpc) is 2.56. The summed E-state index contributed by atoms with van der Waals surface area (Å²) < 4.78 is 12.8. The number of urea groups is 1. The Kier molecular flexibility index (Phi) is 6.80. The minimum atomic E-state index is -0.312. The molecule has 0 spiro atoms. The zero-order chi connectivity index (χ0) is 16.7. The van der Waals surface area contributed by atoms with Gasteiger partial charge >= 0.3 is 6.03 Å². The number of carbonyl (C=O) groups is 1. The molecular weight excluding hydrogens is 295 g/mol. The number of benzene rings is 1. The van der Waals surface area contributed by atoms with Gasteiger partial charge in [0.25, 0.3) is 0 Å². The third kappa shape index (κ3) is 6.15. The van der Waals surface area contributed by atoms with E-state index in [0.29, 0.717) is 18.2 Å². The quantitative estimate of drug-likeness (QED) is 0.844. The summed E-state index contributed by atoms with van der Waals surface area (Å²) in [7, 11) is 0. The second kappa shape index (κ2) is 8.84. The minimum absolute atomic E-state index is 0.251. The molecule has 1 aromatic carbocycles. The Balaban J connectivity index is 1.64. The Hall–Kier alpha value is -1.66. The fourth-order valence-electron chi connectivity index (χ4n) is 2.77. The number of piperazine rings is 1. The van der Waals surface area contributed by atoms with Gasteiger partial charge in [0.2, 0.25) is 0 Å². The lowest BCUT2D eigenvalue weighted by Gasteiger charge is -2.35. The topological polar surface area (TPSA) is 47.6 Å². The summed E-state index contributed by atoms with van der Waals surface area (Å²) in [6.07, 6.45) is 0. The number of hydrogen-bond acceptors (Lipinski definition) is 3. The van der Waals surface area contributed by atoms with Crippen molar-refractivity contribution in [2.75, 3.05) is 51.1 Å². The van der Waals surface area contributed by atoms with Gasteiger partial charge in [-0.15, -0.1) is 0 Å². The number of nitrogens with zero attached hydrogens (tertiary/aromatic N) is 2. The minimum Gasteiger partial charge on any atom is -0.338 e. The summed E-state index contributed by atoms with van der Waals surface area (Å²) in [6.45, 7) is 11.5. The van der Waals surface area contributed by atoms with Crippen LogP contribution in [0.25, 0.3) is 0 Å². The molecule has 2 N–H and O–H groups in total. The maximum absolute atomic E-state index is 12.8. The zero-order valence-corrected chi connectivity index (χ0v) is 14.0. The Bertz CT molecular complexity index is 486. The molecule has 6 heteroatoms. The second-order valence-corrected chi connectivity index (χ2v) is 6.18. The number of carbonyl (C=O) groups excluding carboxylic acids is 1. The van der Waals surface area contributed by atoms with E-state index < -0.39 is 0 Å². The van der Waals surface area contributed by atoms with Gasteiger partial charge in [0.05, 0.1) is 0 Å². The average molecular weight is 322 g/mol. The molecule has 0 aliphatic carbocycles. The highest BCUT2D eigenvalue weighted by Gasteiger charge is 2.17. The first kappa shape index (κ1) is 17.7. The van der Waals surface area contributed by atoms with Crippen LogP contribution in [-0.2, 0) is 0 Å². The SMILES string of the molecule is CCN1CCN(CC(C)CNC(=O)Nc2ccc(F)cc2)CC1. The predicted molar refractivity (Wildman–Crippen MR) is 91.1 cm³/mol. The maximum Gasteiger partial charge on any atom is 0.319 e. The molecular formula is C17H27FN4O. The van der Waals surface area contributed by atoms with E-state index in [4.69, 9.17) is 0 Å². The van der Waals surface area contributed by atoms with Gasteiger partial charge in [0.1, 0.15) is 5.82 Å². The zero-order valence-electron chi connectivity index (χ0n) is 14.0. The van der Waals surface area contributed by atoms with Gasteiger partial charge in [-0.25, -0.2) is 9.18 Å². The van der Waals surface area contributed by atoms with Crippen molar-refractivity contribution in [1.82, 2.24) is 15.1 Å². The van der Waals surface area contributed by atoms with Crippen LogP contribution in [0.1, 0.15) is 13.8 Å². The van der Waals surface area contributed by atoms with Gasteiger partial charge in [0, 0.05) is 45.0 Å². The third-order valence-corrected chi connectivity index (χ3v) is 4.20. The van der Waals surface area contributed by atoms with Gasteiger partial charge in [0.15, 0.2) is 0 Å². The van der Waals surface area contributed by atoms with Crippen LogP contribution in [0.5, 0.6) is 0 Å². The van der Waals surface area contributed by atoms with Crippen molar-refractivity contribution < 1.29 is 9.18 Å². The molecule has 1 heterocycles. The van der Waals surface area contributed by atoms with Crippen LogP contribution in [0.4, 0.5) is 14.9 Å². The number of amides is 2. The summed E-state index contributed by atoms with van der Waals surface area (Å²) in [5.41, 5.74) is 0.590. The number of nitrogens with one attached hydrogen (secondary N) is 2. The molecule has 0 saturated carbocycles. The van der Waals surface area contributed by atoms with Crippen LogP contribution in [0.3, 0.4) is 0 Å². The van der Waals surface area contributed by atoms with Crippen LogP contribution in [-0.4, -0.2) is 61.6 Å². The van der Waals surface area contributed by atoms with E-state index in [1.165, 1.54) is 12.1 Å². The fraction of sp³-hybridized carbons (Fsp3) is 0.588. The monoisotopic (exact) mass is 322 g/mol. The summed E-state index contributed by atoms with van der Waals surface area (Å²) in [5, 5.41) is 5.58. The molecule has 1 saturated heterocycles. The lowest BCUT2D eigenvalue weighted by Crippen LogP contribution is -2.48. The molecule has 2 rings (SSSR count). The lowest BCUT2D eigenvalue weighted by atomic mass is 10.1. The Morgan fingerprint density at radius 3 is 2.39 bits per heavy atom. The molecule has 128 valence electrons. The van der Waals surface area contributed by atoms with Crippen molar-refractivity contribution in [1.29, 1.82) is 0 Å². The van der Waals surface area contributed by atoms with Crippen molar-refractivity contribution in [3.8, 4) is 0 Å². The van der Waals surface area contributed by atoms with Crippen LogP contribution in [0, 0.1) is 11.7 Å². The van der Waals surface area contributed by atoms with Gasteiger partial charge in [-0.3, -0.25) is 0 Å². The molecule has 1 aromatic rings. The number of halogens is 1. The van der Waals surface area contributed by atoms with Gasteiger partial charge < -0.3 is 20.4 Å². The molecule has 0 radical (unpaired) electrons. The summed E-state index contributed by atoms with van der Waals surface area (Å²) in [4.78, 5) is 16.7. The highest BCUT2D eigenvalue weighted by molar-refractivity contribution is 5.89. The fourth-order valence-corrected chi connectivity index (χ4v) is 2.77. The third-order valence-electron chi connectivity index (χ3n) is 4.20. The Labute approximate surface area is 137 Å². The smallest absolute Gasteiger partial charge is 0.319 e. The van der Waals surface area contributed by atoms with E-state index in [9.17, 15) is 9.18 Å². The van der Waals surface area contributed by atoms with E-state index in [-0.39, 0.29) is 11.8 Å². The number of likely N-dealkylation sites (N-methyl/N-ethyl adjacent to an activating group) is 1. The van der Waals surface area contributed by atoms with Crippen molar-refractivity contribution in [2.45, 2.75) is 13.8 Å². The highest BCUT2D eigenvalue weighted by atomic mass is 19.1. The number of hydrogen-bond donors (Lipinski definition) is 2. The first-order valence-electron chi connectivity index (χ1n) is 8.32. The Morgan fingerprint density at radius 1 is 1.17 bits per heavy atom. The van der Waals surface area contributed by atoms with Crippen LogP contribution in [0.2, 0.25) is 0 Å². The van der Waals surface area contributed by atoms with E-state index in [0.717, 1.165) is 39.3 Å². The lowest BCUT2D eigenvalue weighted by molar-refractivity contribution is 0.124. The summed E-state index contributed by atoms with van der Waals surface area (Å²) in [6, 6.07) is 5.50. The highest BCUT2D eigenvalue weighted by Crippen LogP contribution is 2.08. The molecule has 1 unspecified atom stereocenters. The number of anilines is 1. The molecule has 2 amide bonds. The molecule has 1 aliphatic heterocycles. The van der Waals surface area contributed by atoms with Crippen molar-refractivity contribution >= 4 is 11.7 Å². The molecule has 1 atom stereocenters. The summed E-state index contributed by atoms with van der Waals surface area (Å²) in [5.74, 6) is 0.0786. The van der Waals surface area contributed by atoms with E-state index >= 15 is 0 Å². The van der Waals surface area contributed by atoms with Gasteiger partial charge in [-0.1, -0.05) is 13.8 Å². The number of rotatable bonds is 6. The largest absolute Gasteiger partial charge is 0.338 e. The van der Waals surface area contributed by atoms with Crippen molar-refractivity contribution in [3.63, 3.8) is 0 Å². The second-order valence-electron chi connectivity index (χ2n) is 6.18. The molecule has 23 heavy (non-hydrogen) atoms. The van der Waals surface area contributed by atoms with Crippen LogP contribution in [0.15, 0.2) is 24.3 Å². The van der Waals surface area contributed by atoms with E-state index in [2.05, 4.69) is 34.3 Å². The van der Waals surface area contributed by atoms with Crippen molar-refractivity contribution in [3.05, 3.63) is 30.1 Å². The van der Waals surface area contributed by atoms with Crippen LogP contribution < -0.4 is 10.6 Å².